The molecule has 0 atom stereocenters. The maximum Gasteiger partial charge on any atom is 0.223 e. The molecule has 0 aliphatic rings. The maximum absolute atomic E-state index is 8.94. The van der Waals surface area contributed by atoms with Gasteiger partial charge in [0.15, 0.2) is 6.61 Å². The first-order chi connectivity index (χ1) is 8.20. The van der Waals surface area contributed by atoms with E-state index in [0.29, 0.717) is 28.1 Å². The van der Waals surface area contributed by atoms with Crippen molar-refractivity contribution in [3.63, 3.8) is 0 Å². The van der Waals surface area contributed by atoms with Crippen molar-refractivity contribution in [1.29, 1.82) is 5.26 Å². The zero-order valence-corrected chi connectivity index (χ0v) is 9.73. The van der Waals surface area contributed by atoms with Gasteiger partial charge in [-0.05, 0) is 12.1 Å². The zero-order chi connectivity index (χ0) is 12.3. The Balaban J connectivity index is 2.14. The van der Waals surface area contributed by atoms with E-state index in [1.165, 1.54) is 0 Å². The molecule has 0 bridgehead atoms. The molecule has 0 radical (unpaired) electrons. The average Bonchev–Trinajstić information content (AvgIpc) is 2.72. The molecule has 1 aromatic carbocycles. The number of benzene rings is 1. The summed E-state index contributed by atoms with van der Waals surface area (Å²) in [5, 5.41) is 13.0. The fraction of sp³-hybridized carbons (Fsp3) is 0.182. The van der Waals surface area contributed by atoms with E-state index in [4.69, 9.17) is 26.1 Å². The van der Waals surface area contributed by atoms with Crippen LogP contribution >= 0.6 is 11.6 Å². The summed E-state index contributed by atoms with van der Waals surface area (Å²) in [6, 6.07) is 6.99. The molecule has 86 valence electrons. The molecule has 0 aliphatic heterocycles. The zero-order valence-electron chi connectivity index (χ0n) is 8.98. The van der Waals surface area contributed by atoms with E-state index in [-0.39, 0.29) is 6.61 Å². The molecule has 0 saturated heterocycles. The molecule has 0 unspecified atom stereocenters. The second-order valence-electron chi connectivity index (χ2n) is 3.24. The Morgan fingerprint density at radius 3 is 3.00 bits per heavy atom. The van der Waals surface area contributed by atoms with Crippen molar-refractivity contribution in [3.8, 4) is 11.8 Å². The van der Waals surface area contributed by atoms with E-state index in [9.17, 15) is 0 Å². The van der Waals surface area contributed by atoms with Gasteiger partial charge in [0, 0.05) is 6.92 Å². The fourth-order valence-corrected chi connectivity index (χ4v) is 1.48. The first kappa shape index (κ1) is 11.4. The van der Waals surface area contributed by atoms with Crippen molar-refractivity contribution in [2.45, 2.75) is 13.5 Å². The van der Waals surface area contributed by atoms with Crippen molar-refractivity contribution >= 4 is 11.6 Å². The molecule has 1 aromatic heterocycles. The molecule has 2 rings (SSSR count). The molecule has 0 amide bonds. The lowest BCUT2D eigenvalue weighted by Crippen LogP contribution is -1.99. The highest BCUT2D eigenvalue weighted by molar-refractivity contribution is 6.31. The lowest BCUT2D eigenvalue weighted by Gasteiger charge is -2.05. The Kier molecular flexibility index (Phi) is 3.26. The number of halogens is 1. The maximum atomic E-state index is 8.94. The first-order valence-electron chi connectivity index (χ1n) is 4.81. The van der Waals surface area contributed by atoms with Crippen molar-refractivity contribution in [2.24, 2.45) is 0 Å². The number of hydrogen-bond acceptors (Lipinski definition) is 5. The lowest BCUT2D eigenvalue weighted by molar-refractivity contribution is 0.285. The van der Waals surface area contributed by atoms with E-state index >= 15 is 0 Å². The standard InChI is InChI=1S/C11H8ClN3O2/c1-7-14-11(15-17-7)6-16-10-4-2-3-9(12)8(10)5-13/h2-4H,6H2,1H3. The van der Waals surface area contributed by atoms with E-state index in [1.807, 2.05) is 6.07 Å². The van der Waals surface area contributed by atoms with Gasteiger partial charge in [-0.25, -0.2) is 0 Å². The third-order valence-electron chi connectivity index (χ3n) is 2.01. The van der Waals surface area contributed by atoms with Crippen LogP contribution in [0, 0.1) is 18.3 Å². The predicted octanol–water partition coefficient (Wildman–Crippen LogP) is 2.48. The summed E-state index contributed by atoms with van der Waals surface area (Å²) < 4.78 is 10.2. The van der Waals surface area contributed by atoms with Crippen LogP contribution < -0.4 is 4.74 Å². The van der Waals surface area contributed by atoms with Crippen LogP contribution in [0.4, 0.5) is 0 Å². The summed E-state index contributed by atoms with van der Waals surface area (Å²) in [5.41, 5.74) is 0.300. The Morgan fingerprint density at radius 2 is 2.35 bits per heavy atom. The quantitative estimate of drug-likeness (QED) is 0.836. The van der Waals surface area contributed by atoms with Crippen molar-refractivity contribution in [2.75, 3.05) is 0 Å². The summed E-state index contributed by atoms with van der Waals surface area (Å²) in [4.78, 5) is 3.98. The van der Waals surface area contributed by atoms with E-state index in [0.717, 1.165) is 0 Å². The molecule has 0 spiro atoms. The summed E-state index contributed by atoms with van der Waals surface area (Å²) in [7, 11) is 0. The van der Waals surface area contributed by atoms with Crippen molar-refractivity contribution in [1.82, 2.24) is 10.1 Å². The molecule has 1 heterocycles. The van der Waals surface area contributed by atoms with Crippen LogP contribution in [0.25, 0.3) is 0 Å². The second-order valence-corrected chi connectivity index (χ2v) is 3.65. The molecule has 0 aliphatic carbocycles. The van der Waals surface area contributed by atoms with Crippen molar-refractivity contribution < 1.29 is 9.26 Å². The molecule has 0 fully saturated rings. The Morgan fingerprint density at radius 1 is 1.53 bits per heavy atom. The van der Waals surface area contributed by atoms with Gasteiger partial charge in [-0.15, -0.1) is 0 Å². The summed E-state index contributed by atoms with van der Waals surface area (Å²) >= 11 is 5.86. The number of nitrogens with zero attached hydrogens (tertiary/aromatic N) is 3. The van der Waals surface area contributed by atoms with Crippen LogP contribution in [0.1, 0.15) is 17.3 Å². The van der Waals surface area contributed by atoms with Crippen LogP contribution in [-0.2, 0) is 6.61 Å². The summed E-state index contributed by atoms with van der Waals surface area (Å²) in [6.07, 6.45) is 0. The number of hydrogen-bond donors (Lipinski definition) is 0. The summed E-state index contributed by atoms with van der Waals surface area (Å²) in [6.45, 7) is 1.82. The highest BCUT2D eigenvalue weighted by atomic mass is 35.5. The third kappa shape index (κ3) is 2.55. The Bertz CT molecular complexity index is 574. The summed E-state index contributed by atoms with van der Waals surface area (Å²) in [5.74, 6) is 1.30. The van der Waals surface area contributed by atoms with Crippen LogP contribution in [0.15, 0.2) is 22.7 Å². The average molecular weight is 250 g/mol. The fourth-order valence-electron chi connectivity index (χ4n) is 1.28. The van der Waals surface area contributed by atoms with Gasteiger partial charge in [0.1, 0.15) is 17.4 Å². The molecule has 0 saturated carbocycles. The van der Waals surface area contributed by atoms with Crippen LogP contribution in [0.3, 0.4) is 0 Å². The van der Waals surface area contributed by atoms with Crippen LogP contribution in [0.2, 0.25) is 5.02 Å². The van der Waals surface area contributed by atoms with Crippen LogP contribution in [0.5, 0.6) is 5.75 Å². The largest absolute Gasteiger partial charge is 0.484 e. The van der Waals surface area contributed by atoms with Gasteiger partial charge in [-0.3, -0.25) is 0 Å². The minimum atomic E-state index is 0.131. The molecule has 0 N–H and O–H groups in total. The normalized spacial score (nSPS) is 9.94. The van der Waals surface area contributed by atoms with Gasteiger partial charge in [0.25, 0.3) is 0 Å². The third-order valence-corrected chi connectivity index (χ3v) is 2.33. The highest BCUT2D eigenvalue weighted by Gasteiger charge is 2.09. The molecular formula is C11H8ClN3O2. The molecule has 6 heteroatoms. The minimum Gasteiger partial charge on any atom is -0.484 e. The van der Waals surface area contributed by atoms with Gasteiger partial charge in [-0.1, -0.05) is 22.8 Å². The Hall–Kier alpha value is -2.06. The lowest BCUT2D eigenvalue weighted by atomic mass is 10.2. The smallest absolute Gasteiger partial charge is 0.223 e. The highest BCUT2D eigenvalue weighted by Crippen LogP contribution is 2.25. The number of nitriles is 1. The van der Waals surface area contributed by atoms with Crippen LogP contribution in [-0.4, -0.2) is 10.1 Å². The number of rotatable bonds is 3. The monoisotopic (exact) mass is 249 g/mol. The van der Waals surface area contributed by atoms with Gasteiger partial charge in [0.05, 0.1) is 5.02 Å². The molecule has 2 aromatic rings. The Labute approximate surface area is 103 Å². The SMILES string of the molecule is Cc1nc(COc2cccc(Cl)c2C#N)no1. The minimum absolute atomic E-state index is 0.131. The van der Waals surface area contributed by atoms with E-state index < -0.39 is 0 Å². The first-order valence-corrected chi connectivity index (χ1v) is 5.19. The second kappa shape index (κ2) is 4.85. The number of aromatic nitrogens is 2. The molecule has 17 heavy (non-hydrogen) atoms. The number of aryl methyl sites for hydroxylation is 1. The van der Waals surface area contributed by atoms with Gasteiger partial charge >= 0.3 is 0 Å². The van der Waals surface area contributed by atoms with Crippen molar-refractivity contribution in [3.05, 3.63) is 40.5 Å². The number of ether oxygens (including phenoxy) is 1. The van der Waals surface area contributed by atoms with Gasteiger partial charge in [-0.2, -0.15) is 10.2 Å². The van der Waals surface area contributed by atoms with Gasteiger partial charge < -0.3 is 9.26 Å². The van der Waals surface area contributed by atoms with E-state index in [1.54, 1.807) is 25.1 Å². The van der Waals surface area contributed by atoms with E-state index in [2.05, 4.69) is 10.1 Å². The molecular weight excluding hydrogens is 242 g/mol. The molecule has 5 nitrogen and oxygen atoms in total. The predicted molar refractivity (Wildman–Crippen MR) is 59.5 cm³/mol. The topological polar surface area (TPSA) is 71.9 Å². The van der Waals surface area contributed by atoms with Gasteiger partial charge in [0.2, 0.25) is 11.7 Å².